The molecule has 132 valence electrons. The van der Waals surface area contributed by atoms with Gasteiger partial charge < -0.3 is 20.1 Å². The first-order valence-electron chi connectivity index (χ1n) is 9.17. The molecule has 2 aromatic carbocycles. The summed E-state index contributed by atoms with van der Waals surface area (Å²) in [5.41, 5.74) is 4.80. The van der Waals surface area contributed by atoms with Gasteiger partial charge in [0.1, 0.15) is 0 Å². The Kier molecular flexibility index (Phi) is 4.75. The van der Waals surface area contributed by atoms with Gasteiger partial charge >= 0.3 is 0 Å². The molecule has 2 aliphatic rings. The standard InChI is InChI=1S/C21H26N2O2/c24-16-21(10-9-18-3-1-2-4-20(18)21)22-15-17-5-7-19(8-6-17)23-11-13-25-14-12-23/h1-8,22,24H,9-16H2. The summed E-state index contributed by atoms with van der Waals surface area (Å²) in [6.45, 7) is 4.43. The van der Waals surface area contributed by atoms with Crippen LogP contribution in [0.4, 0.5) is 5.69 Å². The van der Waals surface area contributed by atoms with Crippen LogP contribution < -0.4 is 10.2 Å². The molecule has 1 aliphatic heterocycles. The van der Waals surface area contributed by atoms with E-state index in [9.17, 15) is 5.11 Å². The molecule has 1 unspecified atom stereocenters. The Morgan fingerprint density at radius 2 is 1.80 bits per heavy atom. The molecule has 4 heteroatoms. The summed E-state index contributed by atoms with van der Waals surface area (Å²) in [4.78, 5) is 2.36. The van der Waals surface area contributed by atoms with Gasteiger partial charge in [0.15, 0.2) is 0 Å². The lowest BCUT2D eigenvalue weighted by molar-refractivity contribution is 0.122. The third-order valence-electron chi connectivity index (χ3n) is 5.57. The monoisotopic (exact) mass is 338 g/mol. The van der Waals surface area contributed by atoms with E-state index in [2.05, 4.69) is 58.7 Å². The van der Waals surface area contributed by atoms with Crippen LogP contribution >= 0.6 is 0 Å². The van der Waals surface area contributed by atoms with Crippen molar-refractivity contribution < 1.29 is 9.84 Å². The van der Waals surface area contributed by atoms with Gasteiger partial charge in [0, 0.05) is 25.3 Å². The summed E-state index contributed by atoms with van der Waals surface area (Å²) in [6.07, 6.45) is 1.98. The number of nitrogens with zero attached hydrogens (tertiary/aromatic N) is 1. The van der Waals surface area contributed by atoms with Crippen LogP contribution in [0.25, 0.3) is 0 Å². The number of benzene rings is 2. The van der Waals surface area contributed by atoms with Gasteiger partial charge in [0.05, 0.1) is 25.4 Å². The average molecular weight is 338 g/mol. The second-order valence-corrected chi connectivity index (χ2v) is 7.02. The first-order valence-corrected chi connectivity index (χ1v) is 9.17. The minimum Gasteiger partial charge on any atom is -0.394 e. The van der Waals surface area contributed by atoms with Crippen molar-refractivity contribution in [1.82, 2.24) is 5.32 Å². The van der Waals surface area contributed by atoms with Gasteiger partial charge in [0.2, 0.25) is 0 Å². The zero-order valence-electron chi connectivity index (χ0n) is 14.6. The van der Waals surface area contributed by atoms with Gasteiger partial charge in [-0.3, -0.25) is 0 Å². The molecule has 0 amide bonds. The van der Waals surface area contributed by atoms with E-state index in [-0.39, 0.29) is 12.1 Å². The highest BCUT2D eigenvalue weighted by atomic mass is 16.5. The number of ether oxygens (including phenoxy) is 1. The number of rotatable bonds is 5. The fourth-order valence-corrected chi connectivity index (χ4v) is 4.01. The van der Waals surface area contributed by atoms with Crippen molar-refractivity contribution in [3.63, 3.8) is 0 Å². The quantitative estimate of drug-likeness (QED) is 0.879. The van der Waals surface area contributed by atoms with Gasteiger partial charge in [-0.1, -0.05) is 36.4 Å². The van der Waals surface area contributed by atoms with Crippen LogP contribution in [0.5, 0.6) is 0 Å². The SMILES string of the molecule is OCC1(NCc2ccc(N3CCOCC3)cc2)CCc2ccccc21. The molecule has 1 aliphatic carbocycles. The number of hydrogen-bond acceptors (Lipinski definition) is 4. The van der Waals surface area contributed by atoms with E-state index in [4.69, 9.17) is 4.74 Å². The predicted molar refractivity (Wildman–Crippen MR) is 99.8 cm³/mol. The Hall–Kier alpha value is -1.88. The van der Waals surface area contributed by atoms with Gasteiger partial charge in [-0.05, 0) is 41.7 Å². The van der Waals surface area contributed by atoms with Crippen molar-refractivity contribution in [2.24, 2.45) is 0 Å². The molecule has 0 spiro atoms. The van der Waals surface area contributed by atoms with E-state index in [0.717, 1.165) is 45.7 Å². The van der Waals surface area contributed by atoms with Crippen LogP contribution in [0, 0.1) is 0 Å². The van der Waals surface area contributed by atoms with Crippen molar-refractivity contribution >= 4 is 5.69 Å². The van der Waals surface area contributed by atoms with Gasteiger partial charge in [0.25, 0.3) is 0 Å². The van der Waals surface area contributed by atoms with Crippen molar-refractivity contribution in [1.29, 1.82) is 0 Å². The minimum absolute atomic E-state index is 0.135. The number of nitrogens with one attached hydrogen (secondary N) is 1. The molecule has 0 saturated carbocycles. The second kappa shape index (κ2) is 7.16. The molecular weight excluding hydrogens is 312 g/mol. The van der Waals surface area contributed by atoms with Crippen LogP contribution in [0.2, 0.25) is 0 Å². The van der Waals surface area contributed by atoms with E-state index in [1.165, 1.54) is 22.4 Å². The van der Waals surface area contributed by atoms with Crippen LogP contribution in [-0.4, -0.2) is 38.0 Å². The maximum atomic E-state index is 10.1. The Balaban J connectivity index is 1.44. The van der Waals surface area contributed by atoms with Gasteiger partial charge in [-0.2, -0.15) is 0 Å². The maximum Gasteiger partial charge on any atom is 0.0677 e. The topological polar surface area (TPSA) is 44.7 Å². The highest BCUT2D eigenvalue weighted by molar-refractivity contribution is 5.48. The predicted octanol–water partition coefficient (Wildman–Crippen LogP) is 2.45. The Bertz CT molecular complexity index is 710. The summed E-state index contributed by atoms with van der Waals surface area (Å²) in [6, 6.07) is 17.2. The molecule has 1 fully saturated rings. The first-order chi connectivity index (χ1) is 12.3. The minimum atomic E-state index is -0.306. The smallest absolute Gasteiger partial charge is 0.0677 e. The number of fused-ring (bicyclic) bond motifs is 1. The van der Waals surface area contributed by atoms with E-state index in [0.29, 0.717) is 0 Å². The van der Waals surface area contributed by atoms with Gasteiger partial charge in [-0.25, -0.2) is 0 Å². The van der Waals surface area contributed by atoms with Crippen LogP contribution in [-0.2, 0) is 23.2 Å². The third kappa shape index (κ3) is 3.30. The second-order valence-electron chi connectivity index (χ2n) is 7.02. The number of hydrogen-bond donors (Lipinski definition) is 2. The van der Waals surface area contributed by atoms with Crippen molar-refractivity contribution in [2.45, 2.75) is 24.9 Å². The summed E-state index contributed by atoms with van der Waals surface area (Å²) >= 11 is 0. The highest BCUT2D eigenvalue weighted by Gasteiger charge is 2.37. The fourth-order valence-electron chi connectivity index (χ4n) is 4.01. The Morgan fingerprint density at radius 3 is 2.56 bits per heavy atom. The Morgan fingerprint density at radius 1 is 1.04 bits per heavy atom. The summed E-state index contributed by atoms with van der Waals surface area (Å²) in [5.74, 6) is 0. The van der Waals surface area contributed by atoms with Crippen molar-refractivity contribution in [3.8, 4) is 0 Å². The van der Waals surface area contributed by atoms with E-state index >= 15 is 0 Å². The number of aliphatic hydroxyl groups is 1. The first kappa shape index (κ1) is 16.6. The maximum absolute atomic E-state index is 10.1. The van der Waals surface area contributed by atoms with E-state index in [1.54, 1.807) is 0 Å². The number of anilines is 1. The molecule has 4 nitrogen and oxygen atoms in total. The Labute approximate surface area is 149 Å². The third-order valence-corrected chi connectivity index (χ3v) is 5.57. The molecule has 4 rings (SSSR count). The summed E-state index contributed by atoms with van der Waals surface area (Å²) < 4.78 is 5.42. The van der Waals surface area contributed by atoms with E-state index in [1.807, 2.05) is 0 Å². The summed E-state index contributed by atoms with van der Waals surface area (Å²) in [7, 11) is 0. The molecule has 2 aromatic rings. The largest absolute Gasteiger partial charge is 0.394 e. The molecule has 0 bridgehead atoms. The van der Waals surface area contributed by atoms with Crippen molar-refractivity contribution in [2.75, 3.05) is 37.8 Å². The zero-order chi connectivity index (χ0) is 17.1. The van der Waals surface area contributed by atoms with Crippen LogP contribution in [0.1, 0.15) is 23.1 Å². The lowest BCUT2D eigenvalue weighted by Gasteiger charge is -2.30. The van der Waals surface area contributed by atoms with Crippen molar-refractivity contribution in [3.05, 3.63) is 65.2 Å². The van der Waals surface area contributed by atoms with E-state index < -0.39 is 0 Å². The summed E-state index contributed by atoms with van der Waals surface area (Å²) in [5, 5.41) is 13.7. The number of morpholine rings is 1. The highest BCUT2D eigenvalue weighted by Crippen LogP contribution is 2.36. The molecule has 25 heavy (non-hydrogen) atoms. The molecule has 1 heterocycles. The number of aryl methyl sites for hydroxylation is 1. The molecule has 1 saturated heterocycles. The van der Waals surface area contributed by atoms with Crippen LogP contribution in [0.15, 0.2) is 48.5 Å². The number of aliphatic hydroxyl groups excluding tert-OH is 1. The normalized spacial score (nSPS) is 22.8. The molecule has 0 aromatic heterocycles. The molecular formula is C21H26N2O2. The lowest BCUT2D eigenvalue weighted by atomic mass is 9.92. The average Bonchev–Trinajstić information content (AvgIpc) is 3.07. The van der Waals surface area contributed by atoms with Gasteiger partial charge in [-0.15, -0.1) is 0 Å². The molecule has 2 N–H and O–H groups in total. The van der Waals surface area contributed by atoms with Crippen LogP contribution in [0.3, 0.4) is 0 Å². The fraction of sp³-hybridized carbons (Fsp3) is 0.429. The molecule has 0 radical (unpaired) electrons. The lowest BCUT2D eigenvalue weighted by Crippen LogP contribution is -2.43. The molecule has 1 atom stereocenters. The zero-order valence-corrected chi connectivity index (χ0v) is 14.6.